The number of nitrogens with one attached hydrogen (secondary N) is 2. The minimum absolute atomic E-state index is 0.00536. The van der Waals surface area contributed by atoms with Crippen LogP contribution in [0.25, 0.3) is 0 Å². The summed E-state index contributed by atoms with van der Waals surface area (Å²) in [6.07, 6.45) is 2.30. The Kier molecular flexibility index (Phi) is 3.79. The van der Waals surface area contributed by atoms with Gasteiger partial charge in [0.2, 0.25) is 5.91 Å². The maximum absolute atomic E-state index is 11.2. The topological polar surface area (TPSA) is 41.1 Å². The third kappa shape index (κ3) is 3.07. The number of aryl methyl sites for hydroxylation is 1. The van der Waals surface area contributed by atoms with Crippen LogP contribution in [0.3, 0.4) is 0 Å². The highest BCUT2D eigenvalue weighted by Crippen LogP contribution is 2.31. The highest BCUT2D eigenvalue weighted by atomic mass is 16.1. The third-order valence-corrected chi connectivity index (χ3v) is 3.30. The normalized spacial score (nSPS) is 16.8. The highest BCUT2D eigenvalue weighted by molar-refractivity contribution is 5.89. The van der Waals surface area contributed by atoms with Crippen LogP contribution in [0.5, 0.6) is 0 Å². The zero-order chi connectivity index (χ0) is 12.3. The summed E-state index contributed by atoms with van der Waals surface area (Å²) in [6.45, 7) is 5.75. The van der Waals surface area contributed by atoms with Gasteiger partial charge in [-0.05, 0) is 56.0 Å². The molecule has 3 heteroatoms. The maximum Gasteiger partial charge on any atom is 0.221 e. The zero-order valence-electron chi connectivity index (χ0n) is 10.5. The van der Waals surface area contributed by atoms with E-state index in [4.69, 9.17) is 0 Å². The van der Waals surface area contributed by atoms with Gasteiger partial charge in [-0.25, -0.2) is 0 Å². The Bertz CT molecular complexity index is 409. The Balaban J connectivity index is 2.27. The van der Waals surface area contributed by atoms with E-state index in [1.807, 2.05) is 0 Å². The van der Waals surface area contributed by atoms with E-state index in [-0.39, 0.29) is 5.91 Å². The molecule has 92 valence electrons. The van der Waals surface area contributed by atoms with Gasteiger partial charge in [0.1, 0.15) is 0 Å². The lowest BCUT2D eigenvalue weighted by atomic mass is 9.88. The average molecular weight is 232 g/mol. The molecule has 0 aromatic heterocycles. The number of carbonyl (C=O) groups is 1. The van der Waals surface area contributed by atoms with Crippen molar-refractivity contribution < 1.29 is 4.79 Å². The third-order valence-electron chi connectivity index (χ3n) is 3.30. The number of benzene rings is 1. The van der Waals surface area contributed by atoms with Crippen molar-refractivity contribution in [2.75, 3.05) is 18.4 Å². The smallest absolute Gasteiger partial charge is 0.221 e. The zero-order valence-corrected chi connectivity index (χ0v) is 10.5. The molecule has 1 heterocycles. The summed E-state index contributed by atoms with van der Waals surface area (Å²) >= 11 is 0. The number of amides is 1. The van der Waals surface area contributed by atoms with E-state index >= 15 is 0 Å². The summed E-state index contributed by atoms with van der Waals surface area (Å²) < 4.78 is 0. The second kappa shape index (κ2) is 5.32. The molecule has 1 aliphatic rings. The number of hydrogen-bond donors (Lipinski definition) is 2. The fourth-order valence-electron chi connectivity index (χ4n) is 2.46. The van der Waals surface area contributed by atoms with Crippen LogP contribution in [0.4, 0.5) is 5.69 Å². The summed E-state index contributed by atoms with van der Waals surface area (Å²) in [5.41, 5.74) is 3.46. The quantitative estimate of drug-likeness (QED) is 0.822. The van der Waals surface area contributed by atoms with E-state index in [1.165, 1.54) is 11.1 Å². The average Bonchev–Trinajstić information content (AvgIpc) is 2.29. The number of anilines is 1. The predicted molar refractivity (Wildman–Crippen MR) is 70.3 cm³/mol. The van der Waals surface area contributed by atoms with Gasteiger partial charge in [-0.1, -0.05) is 12.1 Å². The molecule has 1 aliphatic heterocycles. The first kappa shape index (κ1) is 12.1. The molecule has 17 heavy (non-hydrogen) atoms. The van der Waals surface area contributed by atoms with Crippen molar-refractivity contribution in [3.8, 4) is 0 Å². The second-order valence-corrected chi connectivity index (χ2v) is 4.80. The van der Waals surface area contributed by atoms with Crippen molar-refractivity contribution >= 4 is 11.6 Å². The molecule has 0 radical (unpaired) electrons. The van der Waals surface area contributed by atoms with Gasteiger partial charge in [0, 0.05) is 12.6 Å². The largest absolute Gasteiger partial charge is 0.326 e. The first-order valence-corrected chi connectivity index (χ1v) is 6.25. The van der Waals surface area contributed by atoms with Crippen molar-refractivity contribution in [2.24, 2.45) is 0 Å². The molecule has 0 saturated carbocycles. The Morgan fingerprint density at radius 2 is 2.06 bits per heavy atom. The molecule has 1 aromatic carbocycles. The minimum Gasteiger partial charge on any atom is -0.326 e. The first-order valence-electron chi connectivity index (χ1n) is 6.25. The summed E-state index contributed by atoms with van der Waals surface area (Å²) in [7, 11) is 0. The number of piperidine rings is 1. The lowest BCUT2D eigenvalue weighted by molar-refractivity contribution is -0.114. The number of rotatable bonds is 2. The van der Waals surface area contributed by atoms with Gasteiger partial charge in [0.05, 0.1) is 0 Å². The van der Waals surface area contributed by atoms with Crippen LogP contribution in [0.15, 0.2) is 18.2 Å². The van der Waals surface area contributed by atoms with Gasteiger partial charge in [-0.2, -0.15) is 0 Å². The molecule has 1 amide bonds. The van der Waals surface area contributed by atoms with Gasteiger partial charge < -0.3 is 10.6 Å². The van der Waals surface area contributed by atoms with Crippen molar-refractivity contribution in [3.05, 3.63) is 29.3 Å². The van der Waals surface area contributed by atoms with Gasteiger partial charge in [0.15, 0.2) is 0 Å². The molecule has 1 fully saturated rings. The molecule has 0 unspecified atom stereocenters. The van der Waals surface area contributed by atoms with Crippen LogP contribution in [0.2, 0.25) is 0 Å². The van der Waals surface area contributed by atoms with Crippen molar-refractivity contribution in [1.82, 2.24) is 5.32 Å². The molecule has 1 aromatic rings. The first-order chi connectivity index (χ1) is 8.16. The molecular formula is C14H20N2O. The van der Waals surface area contributed by atoms with Crippen LogP contribution in [-0.2, 0) is 4.79 Å². The van der Waals surface area contributed by atoms with Crippen LogP contribution >= 0.6 is 0 Å². The molecule has 2 rings (SSSR count). The standard InChI is InChI=1S/C14H20N2O/c1-10-3-4-13(12-5-7-15-8-6-12)14(9-10)16-11(2)17/h3-4,9,12,15H,5-8H2,1-2H3,(H,16,17). The van der Waals surface area contributed by atoms with Gasteiger partial charge >= 0.3 is 0 Å². The van der Waals surface area contributed by atoms with Crippen LogP contribution in [0.1, 0.15) is 36.8 Å². The highest BCUT2D eigenvalue weighted by Gasteiger charge is 2.18. The van der Waals surface area contributed by atoms with E-state index in [9.17, 15) is 4.79 Å². The minimum atomic E-state index is 0.00536. The van der Waals surface area contributed by atoms with Crippen LogP contribution in [0, 0.1) is 6.92 Å². The van der Waals surface area contributed by atoms with Gasteiger partial charge in [0.25, 0.3) is 0 Å². The Morgan fingerprint density at radius 3 is 2.71 bits per heavy atom. The number of carbonyl (C=O) groups excluding carboxylic acids is 1. The predicted octanol–water partition coefficient (Wildman–Crippen LogP) is 2.42. The molecule has 0 bridgehead atoms. The van der Waals surface area contributed by atoms with E-state index in [1.54, 1.807) is 6.92 Å². The SMILES string of the molecule is CC(=O)Nc1cc(C)ccc1C1CCNCC1. The molecule has 3 nitrogen and oxygen atoms in total. The van der Waals surface area contributed by atoms with Crippen molar-refractivity contribution in [3.63, 3.8) is 0 Å². The van der Waals surface area contributed by atoms with Crippen molar-refractivity contribution in [1.29, 1.82) is 0 Å². The fraction of sp³-hybridized carbons (Fsp3) is 0.500. The summed E-state index contributed by atoms with van der Waals surface area (Å²) in [5, 5.41) is 6.32. The lowest BCUT2D eigenvalue weighted by Gasteiger charge is -2.25. The van der Waals surface area contributed by atoms with Crippen LogP contribution < -0.4 is 10.6 Å². The van der Waals surface area contributed by atoms with E-state index in [0.717, 1.165) is 31.6 Å². The molecule has 2 N–H and O–H groups in total. The number of hydrogen-bond acceptors (Lipinski definition) is 2. The van der Waals surface area contributed by atoms with Crippen LogP contribution in [-0.4, -0.2) is 19.0 Å². The molecular weight excluding hydrogens is 212 g/mol. The lowest BCUT2D eigenvalue weighted by Crippen LogP contribution is -2.27. The Labute approximate surface area is 103 Å². The molecule has 0 atom stereocenters. The second-order valence-electron chi connectivity index (χ2n) is 4.80. The Hall–Kier alpha value is -1.35. The van der Waals surface area contributed by atoms with E-state index in [0.29, 0.717) is 5.92 Å². The Morgan fingerprint density at radius 1 is 1.35 bits per heavy atom. The fourth-order valence-corrected chi connectivity index (χ4v) is 2.46. The summed E-state index contributed by atoms with van der Waals surface area (Å²) in [5.74, 6) is 0.574. The molecule has 1 saturated heterocycles. The maximum atomic E-state index is 11.2. The van der Waals surface area contributed by atoms with Gasteiger partial charge in [-0.15, -0.1) is 0 Å². The summed E-state index contributed by atoms with van der Waals surface area (Å²) in [4.78, 5) is 11.2. The van der Waals surface area contributed by atoms with Crippen molar-refractivity contribution in [2.45, 2.75) is 32.6 Å². The molecule has 0 aliphatic carbocycles. The summed E-state index contributed by atoms with van der Waals surface area (Å²) in [6, 6.07) is 6.36. The van der Waals surface area contributed by atoms with Gasteiger partial charge in [-0.3, -0.25) is 4.79 Å². The molecule has 0 spiro atoms. The van der Waals surface area contributed by atoms with E-state index in [2.05, 4.69) is 35.8 Å². The van der Waals surface area contributed by atoms with E-state index < -0.39 is 0 Å². The monoisotopic (exact) mass is 232 g/mol.